The normalized spacial score (nSPS) is 18.2. The van der Waals surface area contributed by atoms with Crippen molar-refractivity contribution >= 4 is 0 Å². The van der Waals surface area contributed by atoms with Crippen LogP contribution in [-0.2, 0) is 18.4 Å². The summed E-state index contributed by atoms with van der Waals surface area (Å²) in [5.41, 5.74) is 0. The molecule has 1 fully saturated rings. The molecule has 1 N–H and O–H groups in total. The Kier molecular flexibility index (Phi) is 3.69. The van der Waals surface area contributed by atoms with Crippen LogP contribution in [0.5, 0.6) is 0 Å². The molecule has 1 aromatic heterocycles. The van der Waals surface area contributed by atoms with Gasteiger partial charge in [-0.05, 0) is 31.8 Å². The molecule has 2 heterocycles. The molecule has 1 saturated heterocycles. The van der Waals surface area contributed by atoms with Crippen LogP contribution in [0.1, 0.15) is 18.7 Å². The summed E-state index contributed by atoms with van der Waals surface area (Å²) >= 11 is 0. The Morgan fingerprint density at radius 1 is 1.53 bits per heavy atom. The van der Waals surface area contributed by atoms with Crippen molar-refractivity contribution in [3.8, 4) is 0 Å². The molecular formula is C10H18N4O. The maximum absolute atomic E-state index is 5.65. The van der Waals surface area contributed by atoms with Crippen molar-refractivity contribution in [3.05, 3.63) is 12.2 Å². The molecule has 1 aliphatic heterocycles. The number of ether oxygens (including phenoxy) is 1. The minimum Gasteiger partial charge on any atom is -0.373 e. The van der Waals surface area contributed by atoms with Crippen molar-refractivity contribution in [2.24, 2.45) is 13.0 Å². The maximum atomic E-state index is 5.65. The van der Waals surface area contributed by atoms with Crippen molar-refractivity contribution in [1.29, 1.82) is 0 Å². The Morgan fingerprint density at radius 2 is 2.33 bits per heavy atom. The van der Waals surface area contributed by atoms with Crippen LogP contribution in [0.4, 0.5) is 0 Å². The van der Waals surface area contributed by atoms with Crippen LogP contribution >= 0.6 is 0 Å². The van der Waals surface area contributed by atoms with E-state index in [0.717, 1.165) is 25.5 Å². The quantitative estimate of drug-likeness (QED) is 0.778. The number of hydrogen-bond donors (Lipinski definition) is 1. The van der Waals surface area contributed by atoms with E-state index in [0.29, 0.717) is 12.5 Å². The van der Waals surface area contributed by atoms with Gasteiger partial charge in [0.15, 0.2) is 5.82 Å². The van der Waals surface area contributed by atoms with E-state index < -0.39 is 0 Å². The number of nitrogens with zero attached hydrogens (tertiary/aromatic N) is 3. The van der Waals surface area contributed by atoms with Gasteiger partial charge < -0.3 is 14.6 Å². The average molecular weight is 210 g/mol. The van der Waals surface area contributed by atoms with Gasteiger partial charge in [-0.2, -0.15) is 0 Å². The molecule has 5 nitrogen and oxygen atoms in total. The molecular weight excluding hydrogens is 192 g/mol. The zero-order chi connectivity index (χ0) is 10.5. The van der Waals surface area contributed by atoms with E-state index in [1.54, 1.807) is 6.33 Å². The first-order valence-corrected chi connectivity index (χ1v) is 5.47. The molecule has 0 radical (unpaired) electrons. The van der Waals surface area contributed by atoms with Crippen LogP contribution in [0.15, 0.2) is 6.33 Å². The zero-order valence-electron chi connectivity index (χ0n) is 9.15. The van der Waals surface area contributed by atoms with E-state index in [4.69, 9.17) is 4.74 Å². The molecule has 2 rings (SSSR count). The SMILES string of the molecule is Cn1cnnc1COCC1CCNCC1. The lowest BCUT2D eigenvalue weighted by Crippen LogP contribution is -2.30. The molecule has 0 bridgehead atoms. The van der Waals surface area contributed by atoms with Gasteiger partial charge in [0.25, 0.3) is 0 Å². The smallest absolute Gasteiger partial charge is 0.158 e. The van der Waals surface area contributed by atoms with E-state index in [9.17, 15) is 0 Å². The third-order valence-electron chi connectivity index (χ3n) is 2.85. The standard InChI is InChI=1S/C10H18N4O/c1-14-8-12-13-10(14)7-15-6-9-2-4-11-5-3-9/h8-9,11H,2-7H2,1H3. The van der Waals surface area contributed by atoms with Gasteiger partial charge >= 0.3 is 0 Å². The average Bonchev–Trinajstić information content (AvgIpc) is 2.66. The number of aryl methyl sites for hydroxylation is 1. The summed E-state index contributed by atoms with van der Waals surface area (Å²) in [5.74, 6) is 1.60. The molecule has 0 unspecified atom stereocenters. The van der Waals surface area contributed by atoms with Gasteiger partial charge in [0.1, 0.15) is 12.9 Å². The third-order valence-corrected chi connectivity index (χ3v) is 2.85. The molecule has 0 amide bonds. The predicted molar refractivity (Wildman–Crippen MR) is 56.3 cm³/mol. The first-order chi connectivity index (χ1) is 7.36. The summed E-state index contributed by atoms with van der Waals surface area (Å²) in [7, 11) is 1.93. The molecule has 1 aromatic rings. The third kappa shape index (κ3) is 3.00. The fourth-order valence-electron chi connectivity index (χ4n) is 1.80. The summed E-state index contributed by atoms with van der Waals surface area (Å²) in [4.78, 5) is 0. The molecule has 0 saturated carbocycles. The zero-order valence-corrected chi connectivity index (χ0v) is 9.15. The number of piperidine rings is 1. The molecule has 0 atom stereocenters. The fraction of sp³-hybridized carbons (Fsp3) is 0.800. The highest BCUT2D eigenvalue weighted by Gasteiger charge is 2.13. The maximum Gasteiger partial charge on any atom is 0.158 e. The lowest BCUT2D eigenvalue weighted by Gasteiger charge is -2.22. The van der Waals surface area contributed by atoms with Gasteiger partial charge in [0.05, 0.1) is 6.61 Å². The van der Waals surface area contributed by atoms with E-state index in [1.165, 1.54) is 12.8 Å². The van der Waals surface area contributed by atoms with Crippen molar-refractivity contribution in [2.75, 3.05) is 19.7 Å². The minimum atomic E-state index is 0.570. The van der Waals surface area contributed by atoms with Crippen LogP contribution in [0.3, 0.4) is 0 Å². The summed E-state index contributed by atoms with van der Waals surface area (Å²) in [5, 5.41) is 11.1. The Bertz CT molecular complexity index is 293. The van der Waals surface area contributed by atoms with Crippen molar-refractivity contribution in [2.45, 2.75) is 19.4 Å². The first-order valence-electron chi connectivity index (χ1n) is 5.47. The van der Waals surface area contributed by atoms with Gasteiger partial charge in [0, 0.05) is 7.05 Å². The van der Waals surface area contributed by atoms with Crippen molar-refractivity contribution in [1.82, 2.24) is 20.1 Å². The van der Waals surface area contributed by atoms with E-state index in [2.05, 4.69) is 15.5 Å². The Balaban J connectivity index is 1.68. The Hall–Kier alpha value is -0.940. The highest BCUT2D eigenvalue weighted by molar-refractivity contribution is 4.80. The monoisotopic (exact) mass is 210 g/mol. The van der Waals surface area contributed by atoms with Crippen molar-refractivity contribution in [3.63, 3.8) is 0 Å². The second-order valence-corrected chi connectivity index (χ2v) is 4.07. The lowest BCUT2D eigenvalue weighted by molar-refractivity contribution is 0.0709. The molecule has 15 heavy (non-hydrogen) atoms. The number of nitrogens with one attached hydrogen (secondary N) is 1. The first kappa shape index (κ1) is 10.6. The Labute approximate surface area is 89.8 Å². The van der Waals surface area contributed by atoms with Gasteiger partial charge in [-0.15, -0.1) is 10.2 Å². The molecule has 0 spiro atoms. The number of aromatic nitrogens is 3. The lowest BCUT2D eigenvalue weighted by atomic mass is 9.99. The molecule has 0 aliphatic carbocycles. The van der Waals surface area contributed by atoms with Gasteiger partial charge in [-0.3, -0.25) is 0 Å². The topological polar surface area (TPSA) is 52.0 Å². The second kappa shape index (κ2) is 5.23. The van der Waals surface area contributed by atoms with Gasteiger partial charge in [0.2, 0.25) is 0 Å². The van der Waals surface area contributed by atoms with Crippen LogP contribution < -0.4 is 5.32 Å². The predicted octanol–water partition coefficient (Wildman–Crippen LogP) is 0.331. The van der Waals surface area contributed by atoms with Gasteiger partial charge in [-0.25, -0.2) is 0 Å². The van der Waals surface area contributed by atoms with Crippen LogP contribution in [-0.4, -0.2) is 34.5 Å². The van der Waals surface area contributed by atoms with Gasteiger partial charge in [-0.1, -0.05) is 0 Å². The largest absolute Gasteiger partial charge is 0.373 e. The molecule has 5 heteroatoms. The Morgan fingerprint density at radius 3 is 3.00 bits per heavy atom. The fourth-order valence-corrected chi connectivity index (χ4v) is 1.80. The van der Waals surface area contributed by atoms with Crippen LogP contribution in [0, 0.1) is 5.92 Å². The minimum absolute atomic E-state index is 0.570. The van der Waals surface area contributed by atoms with E-state index in [-0.39, 0.29) is 0 Å². The molecule has 84 valence electrons. The number of rotatable bonds is 4. The highest BCUT2D eigenvalue weighted by atomic mass is 16.5. The van der Waals surface area contributed by atoms with Crippen molar-refractivity contribution < 1.29 is 4.74 Å². The van der Waals surface area contributed by atoms with Crippen LogP contribution in [0.25, 0.3) is 0 Å². The second-order valence-electron chi connectivity index (χ2n) is 4.07. The summed E-state index contributed by atoms with van der Waals surface area (Å²) < 4.78 is 7.54. The highest BCUT2D eigenvalue weighted by Crippen LogP contribution is 2.12. The summed E-state index contributed by atoms with van der Waals surface area (Å²) in [6, 6.07) is 0. The molecule has 1 aliphatic rings. The number of hydrogen-bond acceptors (Lipinski definition) is 4. The summed E-state index contributed by atoms with van der Waals surface area (Å²) in [6.07, 6.45) is 4.14. The summed E-state index contributed by atoms with van der Waals surface area (Å²) in [6.45, 7) is 3.66. The molecule has 0 aromatic carbocycles. The van der Waals surface area contributed by atoms with E-state index in [1.807, 2.05) is 11.6 Å². The van der Waals surface area contributed by atoms with E-state index >= 15 is 0 Å². The van der Waals surface area contributed by atoms with Crippen LogP contribution in [0.2, 0.25) is 0 Å².